The summed E-state index contributed by atoms with van der Waals surface area (Å²) in [4.78, 5) is 27.3. The number of ether oxygens (including phenoxy) is 2. The molecule has 2 fully saturated rings. The predicted molar refractivity (Wildman–Crippen MR) is 133 cm³/mol. The van der Waals surface area contributed by atoms with Gasteiger partial charge in [0.2, 0.25) is 0 Å². The fourth-order valence-corrected chi connectivity index (χ4v) is 6.92. The number of hydrogen-bond acceptors (Lipinski definition) is 8. The van der Waals surface area contributed by atoms with Crippen molar-refractivity contribution in [1.82, 2.24) is 0 Å². The van der Waals surface area contributed by atoms with Gasteiger partial charge in [0.15, 0.2) is 14.1 Å². The molecule has 1 aliphatic carbocycles. The molecule has 1 saturated heterocycles. The minimum atomic E-state index is -3.56. The summed E-state index contributed by atoms with van der Waals surface area (Å²) in [5.41, 5.74) is -2.03. The molecule has 0 aromatic heterocycles. The van der Waals surface area contributed by atoms with Crippen LogP contribution in [0.1, 0.15) is 53.4 Å². The maximum atomic E-state index is 14.2. The average Bonchev–Trinajstić information content (AvgIpc) is 3.17. The summed E-state index contributed by atoms with van der Waals surface area (Å²) in [5.74, 6) is -1.42. The van der Waals surface area contributed by atoms with Gasteiger partial charge in [-0.2, -0.15) is 0 Å². The van der Waals surface area contributed by atoms with Crippen LogP contribution in [0, 0.1) is 10.8 Å². The van der Waals surface area contributed by atoms with E-state index in [0.29, 0.717) is 19.6 Å². The van der Waals surface area contributed by atoms with E-state index in [1.54, 1.807) is 6.08 Å². The third-order valence-electron chi connectivity index (χ3n) is 7.67. The van der Waals surface area contributed by atoms with Crippen LogP contribution in [0.15, 0.2) is 12.7 Å². The topological polar surface area (TPSA) is 97.4 Å². The second kappa shape index (κ2) is 10.4. The highest BCUT2D eigenvalue weighted by Gasteiger charge is 2.62. The number of carbonyl (C=O) groups is 2. The van der Waals surface area contributed by atoms with Crippen LogP contribution in [0.3, 0.4) is 0 Å². The summed E-state index contributed by atoms with van der Waals surface area (Å²) in [7, 11) is -3.22. The molecular weight excluding hydrogens is 475 g/mol. The van der Waals surface area contributed by atoms with E-state index in [4.69, 9.17) is 22.9 Å². The number of hydrogen-bond donors (Lipinski definition) is 0. The Hall–Kier alpha value is -0.673. The predicted octanol–water partition coefficient (Wildman–Crippen LogP) is 5.13. The van der Waals surface area contributed by atoms with Gasteiger partial charge in [0.25, 0.3) is 0 Å². The Balaban J connectivity index is 2.44. The van der Waals surface area contributed by atoms with E-state index in [-0.39, 0.29) is 42.5 Å². The lowest BCUT2D eigenvalue weighted by molar-refractivity contribution is -0.226. The third kappa shape index (κ3) is 6.17. The molecule has 0 amide bonds. The summed E-state index contributed by atoms with van der Waals surface area (Å²) < 4.78 is 41.2. The Morgan fingerprint density at radius 2 is 1.74 bits per heavy atom. The number of ketones is 2. The van der Waals surface area contributed by atoms with Gasteiger partial charge < -0.3 is 22.9 Å². The summed E-state index contributed by atoms with van der Waals surface area (Å²) >= 11 is 0. The van der Waals surface area contributed by atoms with E-state index < -0.39 is 38.7 Å². The van der Waals surface area contributed by atoms with Crippen molar-refractivity contribution in [2.45, 2.75) is 77.3 Å². The average molecular weight is 519 g/mol. The zero-order valence-corrected chi connectivity index (χ0v) is 24.0. The molecule has 0 bridgehead atoms. The molecule has 0 aromatic carbocycles. The van der Waals surface area contributed by atoms with Gasteiger partial charge in [-0.3, -0.25) is 14.2 Å². The zero-order valence-electron chi connectivity index (χ0n) is 22.2. The number of rotatable bonds is 11. The first-order valence-electron chi connectivity index (χ1n) is 11.8. The first-order valence-corrected chi connectivity index (χ1v) is 16.5. The highest BCUT2D eigenvalue weighted by molar-refractivity contribution is 7.54. The van der Waals surface area contributed by atoms with E-state index in [1.807, 2.05) is 6.92 Å². The highest BCUT2D eigenvalue weighted by atomic mass is 31.2. The number of Topliss-reactive ketones (excluding diaryl/α,β-unsaturated/α-hetero) is 2. The molecule has 1 heterocycles. The molecule has 2 aliphatic rings. The monoisotopic (exact) mass is 518 g/mol. The highest BCUT2D eigenvalue weighted by Crippen LogP contribution is 2.56. The van der Waals surface area contributed by atoms with Crippen LogP contribution in [0.4, 0.5) is 0 Å². The van der Waals surface area contributed by atoms with Crippen LogP contribution in [-0.4, -0.2) is 65.9 Å². The Morgan fingerprint density at radius 1 is 1.18 bits per heavy atom. The fourth-order valence-electron chi connectivity index (χ4n) is 4.86. The Bertz CT molecular complexity index is 821. The molecule has 0 unspecified atom stereocenters. The second-order valence-electron chi connectivity index (χ2n) is 11.5. The van der Waals surface area contributed by atoms with Crippen molar-refractivity contribution in [3.63, 3.8) is 0 Å². The summed E-state index contributed by atoms with van der Waals surface area (Å²) in [6, 6.07) is 0. The standard InChI is InChI=1S/C24H43O8PSi/c1-10-11-23(14-19(25)15-33(27,28-6)29-7)17-24(30-12-13-31-24)16-22(5,20(23)26)18-32-34(8,9)21(2,3)4/h10H,1,11-18H2,2-9H3/t22-,23+/m0/s1. The van der Waals surface area contributed by atoms with Crippen LogP contribution >= 0.6 is 7.60 Å². The summed E-state index contributed by atoms with van der Waals surface area (Å²) in [6.07, 6.45) is 1.98. The van der Waals surface area contributed by atoms with Gasteiger partial charge in [0, 0.05) is 45.5 Å². The van der Waals surface area contributed by atoms with Gasteiger partial charge in [0.1, 0.15) is 17.7 Å². The van der Waals surface area contributed by atoms with Crippen LogP contribution in [0.25, 0.3) is 0 Å². The number of allylic oxidation sites excluding steroid dienone is 1. The molecule has 1 spiro atoms. The first-order chi connectivity index (χ1) is 15.5. The van der Waals surface area contributed by atoms with E-state index in [1.165, 1.54) is 14.2 Å². The molecule has 1 aliphatic heterocycles. The maximum absolute atomic E-state index is 14.2. The van der Waals surface area contributed by atoms with Crippen molar-refractivity contribution in [2.24, 2.45) is 10.8 Å². The largest absolute Gasteiger partial charge is 0.416 e. The lowest BCUT2D eigenvalue weighted by atomic mass is 9.57. The van der Waals surface area contributed by atoms with Crippen molar-refractivity contribution in [2.75, 3.05) is 40.2 Å². The van der Waals surface area contributed by atoms with Crippen molar-refractivity contribution in [1.29, 1.82) is 0 Å². The van der Waals surface area contributed by atoms with Gasteiger partial charge >= 0.3 is 7.60 Å². The van der Waals surface area contributed by atoms with Gasteiger partial charge in [0.05, 0.1) is 18.6 Å². The smallest absolute Gasteiger partial charge is 0.337 e. The third-order valence-corrected chi connectivity index (χ3v) is 14.0. The van der Waals surface area contributed by atoms with Gasteiger partial charge in [-0.05, 0) is 24.6 Å². The Morgan fingerprint density at radius 3 is 2.21 bits per heavy atom. The molecule has 0 aromatic rings. The molecular formula is C24H43O8PSi. The van der Waals surface area contributed by atoms with Crippen LogP contribution in [0.2, 0.25) is 18.1 Å². The molecule has 10 heteroatoms. The van der Waals surface area contributed by atoms with Crippen molar-refractivity contribution in [3.05, 3.63) is 12.7 Å². The number of carbonyl (C=O) groups excluding carboxylic acids is 2. The molecule has 0 N–H and O–H groups in total. The van der Waals surface area contributed by atoms with Gasteiger partial charge in [-0.1, -0.05) is 33.8 Å². The van der Waals surface area contributed by atoms with Crippen LogP contribution in [0.5, 0.6) is 0 Å². The molecule has 1 saturated carbocycles. The zero-order chi connectivity index (χ0) is 26.1. The molecule has 8 nitrogen and oxygen atoms in total. The molecule has 2 atom stereocenters. The van der Waals surface area contributed by atoms with Crippen molar-refractivity contribution in [3.8, 4) is 0 Å². The minimum absolute atomic E-state index is 0.0191. The molecule has 2 rings (SSSR count). The molecule has 34 heavy (non-hydrogen) atoms. The van der Waals surface area contributed by atoms with Gasteiger partial charge in [-0.25, -0.2) is 0 Å². The van der Waals surface area contributed by atoms with Crippen molar-refractivity contribution >= 4 is 27.5 Å². The summed E-state index contributed by atoms with van der Waals surface area (Å²) in [6.45, 7) is 17.6. The quantitative estimate of drug-likeness (QED) is 0.211. The van der Waals surface area contributed by atoms with Crippen molar-refractivity contribution < 1.29 is 37.1 Å². The van der Waals surface area contributed by atoms with E-state index >= 15 is 0 Å². The second-order valence-corrected chi connectivity index (χ2v) is 18.6. The molecule has 196 valence electrons. The van der Waals surface area contributed by atoms with Crippen LogP contribution < -0.4 is 0 Å². The fraction of sp³-hybridized carbons (Fsp3) is 0.833. The lowest BCUT2D eigenvalue weighted by Gasteiger charge is -2.52. The first kappa shape index (κ1) is 29.6. The normalized spacial score (nSPS) is 27.8. The van der Waals surface area contributed by atoms with Gasteiger partial charge in [-0.15, -0.1) is 6.58 Å². The Labute approximate surface area is 205 Å². The van der Waals surface area contributed by atoms with E-state index in [2.05, 4.69) is 40.4 Å². The van der Waals surface area contributed by atoms with Crippen LogP contribution in [-0.2, 0) is 37.1 Å². The minimum Gasteiger partial charge on any atom is -0.416 e. The SMILES string of the molecule is C=CC[C@@]1(CC(=O)CP(=O)(OC)OC)CC2(C[C@@](C)(CO[Si](C)(C)C(C)(C)C)C1=O)OCCO2. The lowest BCUT2D eigenvalue weighted by Crippen LogP contribution is -2.59. The maximum Gasteiger partial charge on any atom is 0.337 e. The summed E-state index contributed by atoms with van der Waals surface area (Å²) in [5, 5.41) is -0.0191. The van der Waals surface area contributed by atoms with E-state index in [0.717, 1.165) is 0 Å². The Kier molecular flexibility index (Phi) is 9.01. The van der Waals surface area contributed by atoms with E-state index in [9.17, 15) is 14.2 Å². The molecule has 0 radical (unpaired) electrons.